The third-order valence-electron chi connectivity index (χ3n) is 4.47. The number of nitrogens with zero attached hydrogens (tertiary/aromatic N) is 2. The summed E-state index contributed by atoms with van der Waals surface area (Å²) in [6.07, 6.45) is 1.42. The number of amides is 1. The lowest BCUT2D eigenvalue weighted by Gasteiger charge is -2.19. The van der Waals surface area contributed by atoms with Gasteiger partial charge in [-0.15, -0.1) is 0 Å². The first-order valence-corrected chi connectivity index (χ1v) is 10.6. The van der Waals surface area contributed by atoms with Gasteiger partial charge < -0.3 is 9.47 Å². The highest BCUT2D eigenvalue weighted by atomic mass is 32.2. The number of sulfonamides is 1. The minimum atomic E-state index is -3.82. The van der Waals surface area contributed by atoms with E-state index >= 15 is 0 Å². The zero-order valence-electron chi connectivity index (χ0n) is 18.0. The number of hydrogen-bond acceptors (Lipinski definition) is 6. The summed E-state index contributed by atoms with van der Waals surface area (Å²) in [7, 11) is 0.606. The minimum Gasteiger partial charge on any atom is -0.497 e. The van der Waals surface area contributed by atoms with Gasteiger partial charge in [0.2, 0.25) is 10.0 Å². The normalized spacial score (nSPS) is 11.7. The van der Waals surface area contributed by atoms with E-state index in [0.29, 0.717) is 28.2 Å². The van der Waals surface area contributed by atoms with Gasteiger partial charge in [0.15, 0.2) is 0 Å². The Morgan fingerprint density at radius 1 is 1.10 bits per heavy atom. The highest BCUT2D eigenvalue weighted by molar-refractivity contribution is 7.89. The van der Waals surface area contributed by atoms with Crippen molar-refractivity contribution in [2.75, 3.05) is 27.8 Å². The highest BCUT2D eigenvalue weighted by Crippen LogP contribution is 2.25. The standard InChI is InChI=1S/C21H27N3O5S/c1-14-9-15(2)21(16(3)10-14)30(26,27)24(4)13-20(25)23-22-12-17-7-8-18(28-5)11-19(17)29-6/h7-12H,13H2,1-6H3,(H,23,25)/b22-12-. The van der Waals surface area contributed by atoms with E-state index in [4.69, 9.17) is 9.47 Å². The van der Waals surface area contributed by atoms with E-state index in [1.807, 2.05) is 6.92 Å². The van der Waals surface area contributed by atoms with Crippen LogP contribution in [-0.2, 0) is 14.8 Å². The third-order valence-corrected chi connectivity index (χ3v) is 6.58. The summed E-state index contributed by atoms with van der Waals surface area (Å²) in [6, 6.07) is 8.77. The number of carbonyl (C=O) groups excluding carboxylic acids is 1. The second kappa shape index (κ2) is 9.73. The van der Waals surface area contributed by atoms with Gasteiger partial charge in [-0.3, -0.25) is 4.79 Å². The number of carbonyl (C=O) groups is 1. The molecule has 0 saturated carbocycles. The predicted molar refractivity (Wildman–Crippen MR) is 116 cm³/mol. The van der Waals surface area contributed by atoms with Gasteiger partial charge in [0.25, 0.3) is 5.91 Å². The molecule has 0 saturated heterocycles. The Labute approximate surface area is 177 Å². The molecule has 0 radical (unpaired) electrons. The van der Waals surface area contributed by atoms with Crippen LogP contribution in [-0.4, -0.2) is 52.7 Å². The van der Waals surface area contributed by atoms with Crippen LogP contribution in [0.15, 0.2) is 40.3 Å². The number of likely N-dealkylation sites (N-methyl/N-ethyl adjacent to an activating group) is 1. The molecule has 2 rings (SSSR count). The molecule has 0 fully saturated rings. The molecule has 0 aliphatic carbocycles. The molecule has 0 unspecified atom stereocenters. The van der Waals surface area contributed by atoms with Crippen molar-refractivity contribution in [1.29, 1.82) is 0 Å². The third kappa shape index (κ3) is 5.37. The van der Waals surface area contributed by atoms with Crippen LogP contribution in [0.2, 0.25) is 0 Å². The molecule has 162 valence electrons. The number of hydrazone groups is 1. The fourth-order valence-corrected chi connectivity index (χ4v) is 4.68. The molecular formula is C21H27N3O5S. The number of methoxy groups -OCH3 is 2. The average Bonchev–Trinajstić information content (AvgIpc) is 2.66. The number of hydrogen-bond donors (Lipinski definition) is 1. The summed E-state index contributed by atoms with van der Waals surface area (Å²) in [5.41, 5.74) is 5.24. The first-order chi connectivity index (χ1) is 14.1. The van der Waals surface area contributed by atoms with E-state index in [-0.39, 0.29) is 11.4 Å². The summed E-state index contributed by atoms with van der Waals surface area (Å²) >= 11 is 0. The van der Waals surface area contributed by atoms with Gasteiger partial charge in [0.1, 0.15) is 11.5 Å². The quantitative estimate of drug-likeness (QED) is 0.509. The fraction of sp³-hybridized carbons (Fsp3) is 0.333. The zero-order valence-corrected chi connectivity index (χ0v) is 18.8. The van der Waals surface area contributed by atoms with Crippen LogP contribution < -0.4 is 14.9 Å². The fourth-order valence-electron chi connectivity index (χ4n) is 3.15. The van der Waals surface area contributed by atoms with E-state index in [0.717, 1.165) is 9.87 Å². The molecule has 2 aromatic carbocycles. The Balaban J connectivity index is 2.09. The lowest BCUT2D eigenvalue weighted by Crippen LogP contribution is -2.37. The van der Waals surface area contributed by atoms with Crippen LogP contribution in [0.4, 0.5) is 0 Å². The van der Waals surface area contributed by atoms with Gasteiger partial charge in [-0.05, 0) is 44.0 Å². The van der Waals surface area contributed by atoms with E-state index in [1.165, 1.54) is 20.4 Å². The SMILES string of the molecule is COc1ccc(/C=N\NC(=O)CN(C)S(=O)(=O)c2c(C)cc(C)cc2C)c(OC)c1. The predicted octanol–water partition coefficient (Wildman–Crippen LogP) is 2.40. The highest BCUT2D eigenvalue weighted by Gasteiger charge is 2.26. The largest absolute Gasteiger partial charge is 0.497 e. The smallest absolute Gasteiger partial charge is 0.255 e. The molecule has 8 nitrogen and oxygen atoms in total. The molecule has 0 heterocycles. The zero-order chi connectivity index (χ0) is 22.5. The lowest BCUT2D eigenvalue weighted by atomic mass is 10.1. The average molecular weight is 434 g/mol. The molecule has 9 heteroatoms. The molecule has 0 spiro atoms. The molecule has 0 aliphatic rings. The molecule has 0 aromatic heterocycles. The van der Waals surface area contributed by atoms with Gasteiger partial charge >= 0.3 is 0 Å². The van der Waals surface area contributed by atoms with Crippen molar-refractivity contribution in [2.24, 2.45) is 5.10 Å². The van der Waals surface area contributed by atoms with Gasteiger partial charge in [-0.1, -0.05) is 17.7 Å². The Morgan fingerprint density at radius 2 is 1.73 bits per heavy atom. The Bertz CT molecular complexity index is 1040. The van der Waals surface area contributed by atoms with E-state index in [9.17, 15) is 13.2 Å². The van der Waals surface area contributed by atoms with Crippen LogP contribution in [0.25, 0.3) is 0 Å². The maximum atomic E-state index is 12.9. The van der Waals surface area contributed by atoms with Gasteiger partial charge in [0, 0.05) is 18.7 Å². The molecule has 30 heavy (non-hydrogen) atoms. The minimum absolute atomic E-state index is 0.217. The van der Waals surface area contributed by atoms with E-state index < -0.39 is 15.9 Å². The maximum absolute atomic E-state index is 12.9. The summed E-state index contributed by atoms with van der Waals surface area (Å²) in [5.74, 6) is 0.589. The number of aryl methyl sites for hydroxylation is 3. The van der Waals surface area contributed by atoms with Crippen molar-refractivity contribution in [3.63, 3.8) is 0 Å². The Hall–Kier alpha value is -2.91. The number of benzene rings is 2. The van der Waals surface area contributed by atoms with Crippen molar-refractivity contribution in [1.82, 2.24) is 9.73 Å². The van der Waals surface area contributed by atoms with Crippen LogP contribution >= 0.6 is 0 Å². The van der Waals surface area contributed by atoms with Gasteiger partial charge in [-0.25, -0.2) is 13.8 Å². The molecular weight excluding hydrogens is 406 g/mol. The first-order valence-electron chi connectivity index (χ1n) is 9.18. The van der Waals surface area contributed by atoms with Crippen molar-refractivity contribution in [3.05, 3.63) is 52.6 Å². The second-order valence-corrected chi connectivity index (χ2v) is 8.87. The van der Waals surface area contributed by atoms with Gasteiger partial charge in [-0.2, -0.15) is 9.41 Å². The molecule has 0 atom stereocenters. The topological polar surface area (TPSA) is 97.3 Å². The molecule has 2 aromatic rings. The lowest BCUT2D eigenvalue weighted by molar-refractivity contribution is -0.121. The van der Waals surface area contributed by atoms with Crippen LogP contribution in [0.3, 0.4) is 0 Å². The molecule has 0 aliphatic heterocycles. The van der Waals surface area contributed by atoms with Gasteiger partial charge in [0.05, 0.1) is 31.9 Å². The van der Waals surface area contributed by atoms with Crippen LogP contribution in [0.5, 0.6) is 11.5 Å². The summed E-state index contributed by atoms with van der Waals surface area (Å²) in [5, 5.41) is 3.89. The van der Waals surface area contributed by atoms with E-state index in [2.05, 4.69) is 10.5 Å². The molecule has 1 N–H and O–H groups in total. The number of rotatable bonds is 8. The molecule has 1 amide bonds. The second-order valence-electron chi connectivity index (χ2n) is 6.89. The van der Waals surface area contributed by atoms with Crippen molar-refractivity contribution in [2.45, 2.75) is 25.7 Å². The monoisotopic (exact) mass is 433 g/mol. The maximum Gasteiger partial charge on any atom is 0.255 e. The van der Waals surface area contributed by atoms with Crippen molar-refractivity contribution < 1.29 is 22.7 Å². The van der Waals surface area contributed by atoms with Crippen LogP contribution in [0, 0.1) is 20.8 Å². The summed E-state index contributed by atoms with van der Waals surface area (Å²) < 4.78 is 37.3. The first kappa shape index (κ1) is 23.4. The summed E-state index contributed by atoms with van der Waals surface area (Å²) in [6.45, 7) is 5.02. The van der Waals surface area contributed by atoms with E-state index in [1.54, 1.807) is 51.3 Å². The summed E-state index contributed by atoms with van der Waals surface area (Å²) in [4.78, 5) is 12.4. The van der Waals surface area contributed by atoms with Crippen LogP contribution in [0.1, 0.15) is 22.3 Å². The Morgan fingerprint density at radius 3 is 2.30 bits per heavy atom. The molecule has 0 bridgehead atoms. The van der Waals surface area contributed by atoms with Crippen molar-refractivity contribution in [3.8, 4) is 11.5 Å². The number of nitrogens with one attached hydrogen (secondary N) is 1. The Kier molecular flexibility index (Phi) is 7.58. The van der Waals surface area contributed by atoms with Crippen molar-refractivity contribution >= 4 is 22.1 Å². The number of ether oxygens (including phenoxy) is 2.